The van der Waals surface area contributed by atoms with Crippen LogP contribution in [0.5, 0.6) is 5.75 Å². The van der Waals surface area contributed by atoms with Gasteiger partial charge in [-0.15, -0.1) is 0 Å². The van der Waals surface area contributed by atoms with E-state index in [0.717, 1.165) is 50.3 Å². The Morgan fingerprint density at radius 3 is 2.75 bits per heavy atom. The fourth-order valence-electron chi connectivity index (χ4n) is 4.27. The number of amides is 1. The van der Waals surface area contributed by atoms with Gasteiger partial charge in [0.15, 0.2) is 0 Å². The number of carbonyl (C=O) groups excluding carboxylic acids is 1. The van der Waals surface area contributed by atoms with E-state index in [2.05, 4.69) is 17.0 Å². The van der Waals surface area contributed by atoms with Crippen LogP contribution in [0.2, 0.25) is 0 Å². The summed E-state index contributed by atoms with van der Waals surface area (Å²) in [6.45, 7) is 3.73. The summed E-state index contributed by atoms with van der Waals surface area (Å²) in [6.07, 6.45) is 2.99. The first-order valence-electron chi connectivity index (χ1n) is 10.0. The van der Waals surface area contributed by atoms with Gasteiger partial charge in [-0.05, 0) is 55.6 Å². The molecule has 4 rings (SSSR count). The molecule has 0 bridgehead atoms. The second-order valence-corrected chi connectivity index (χ2v) is 7.77. The molecule has 0 saturated carbocycles. The van der Waals surface area contributed by atoms with E-state index in [1.54, 1.807) is 7.11 Å². The molecule has 0 radical (unpaired) electrons. The summed E-state index contributed by atoms with van der Waals surface area (Å²) in [4.78, 5) is 16.8. The van der Waals surface area contributed by atoms with Crippen molar-refractivity contribution in [2.45, 2.75) is 31.4 Å². The van der Waals surface area contributed by atoms with E-state index in [0.29, 0.717) is 6.54 Å². The molecule has 2 aromatic carbocycles. The molecule has 1 atom stereocenters. The van der Waals surface area contributed by atoms with Crippen molar-refractivity contribution in [3.63, 3.8) is 0 Å². The Kier molecular flexibility index (Phi) is 5.64. The molecule has 1 unspecified atom stereocenters. The average Bonchev–Trinajstić information content (AvgIpc) is 2.93. The van der Waals surface area contributed by atoms with Crippen LogP contribution in [0.3, 0.4) is 0 Å². The number of rotatable bonds is 4. The number of anilines is 1. The molecule has 0 aliphatic carbocycles. The van der Waals surface area contributed by atoms with E-state index >= 15 is 0 Å². The lowest BCUT2D eigenvalue weighted by Gasteiger charge is -2.42. The van der Waals surface area contributed by atoms with Gasteiger partial charge in [-0.1, -0.05) is 30.3 Å². The lowest BCUT2D eigenvalue weighted by atomic mass is 9.92. The molecule has 2 saturated heterocycles. The first-order valence-corrected chi connectivity index (χ1v) is 10.0. The Hall–Kier alpha value is -2.37. The van der Waals surface area contributed by atoms with E-state index in [9.17, 15) is 4.79 Å². The molecule has 5 nitrogen and oxygen atoms in total. The van der Waals surface area contributed by atoms with Crippen molar-refractivity contribution in [3.8, 4) is 5.75 Å². The van der Waals surface area contributed by atoms with Crippen LogP contribution in [0.4, 0.5) is 5.69 Å². The maximum Gasteiger partial charge on any atom is 0.253 e. The van der Waals surface area contributed by atoms with Crippen LogP contribution in [0.25, 0.3) is 0 Å². The van der Waals surface area contributed by atoms with Crippen LogP contribution in [-0.2, 0) is 16.1 Å². The Bertz CT molecular complexity index is 811. The topological polar surface area (TPSA) is 42.0 Å². The highest BCUT2D eigenvalue weighted by molar-refractivity contribution is 5.95. The number of para-hydroxylation sites is 1. The molecule has 2 heterocycles. The second kappa shape index (κ2) is 8.33. The maximum atomic E-state index is 12.5. The number of hydrogen-bond acceptors (Lipinski definition) is 4. The first-order chi connectivity index (χ1) is 13.7. The highest BCUT2D eigenvalue weighted by Gasteiger charge is 2.41. The van der Waals surface area contributed by atoms with Gasteiger partial charge >= 0.3 is 0 Å². The maximum absolute atomic E-state index is 12.5. The van der Waals surface area contributed by atoms with Crippen LogP contribution in [0, 0.1) is 0 Å². The molecule has 0 aromatic heterocycles. The molecule has 1 spiro atoms. The summed E-state index contributed by atoms with van der Waals surface area (Å²) in [5, 5.41) is 0. The number of nitrogens with zero attached hydrogens (tertiary/aromatic N) is 2. The zero-order valence-electron chi connectivity index (χ0n) is 16.5. The normalized spacial score (nSPS) is 23.6. The lowest BCUT2D eigenvalue weighted by Crippen LogP contribution is -2.55. The third-order valence-electron chi connectivity index (χ3n) is 5.85. The number of methoxy groups -OCH3 is 1. The number of carbonyl (C=O) groups is 1. The standard InChI is InChI=1S/C23H28N2O3/c1-27-21-10-5-7-19(15-21)16-24-13-6-11-23(12-14-24)18-25(22(26)17-28-23)20-8-3-2-4-9-20/h2-5,7-10,15H,6,11-14,16-18H2,1H3. The van der Waals surface area contributed by atoms with E-state index in [1.807, 2.05) is 47.4 Å². The number of hydrogen-bond donors (Lipinski definition) is 0. The fourth-order valence-corrected chi connectivity index (χ4v) is 4.27. The number of morpholine rings is 1. The molecule has 5 heteroatoms. The van der Waals surface area contributed by atoms with Crippen LogP contribution in [-0.4, -0.2) is 49.8 Å². The van der Waals surface area contributed by atoms with Crippen LogP contribution >= 0.6 is 0 Å². The minimum absolute atomic E-state index is 0.0503. The van der Waals surface area contributed by atoms with Gasteiger partial charge in [0.2, 0.25) is 0 Å². The number of ether oxygens (including phenoxy) is 2. The SMILES string of the molecule is COc1cccc(CN2CCCC3(CC2)CN(c2ccccc2)C(=O)CO3)c1. The molecule has 0 N–H and O–H groups in total. The average molecular weight is 380 g/mol. The van der Waals surface area contributed by atoms with E-state index < -0.39 is 0 Å². The van der Waals surface area contributed by atoms with Crippen molar-refractivity contribution in [1.29, 1.82) is 0 Å². The minimum atomic E-state index is -0.243. The van der Waals surface area contributed by atoms with Crippen molar-refractivity contribution in [2.75, 3.05) is 38.3 Å². The molecule has 2 fully saturated rings. The fraction of sp³-hybridized carbons (Fsp3) is 0.435. The van der Waals surface area contributed by atoms with Gasteiger partial charge < -0.3 is 14.4 Å². The molecule has 2 aromatic rings. The van der Waals surface area contributed by atoms with Gasteiger partial charge in [-0.3, -0.25) is 9.69 Å². The molecule has 2 aliphatic heterocycles. The number of likely N-dealkylation sites (tertiary alicyclic amines) is 1. The Balaban J connectivity index is 1.43. The summed E-state index contributed by atoms with van der Waals surface area (Å²) in [5.41, 5.74) is 1.99. The molecular formula is C23H28N2O3. The van der Waals surface area contributed by atoms with Crippen molar-refractivity contribution < 1.29 is 14.3 Å². The summed E-state index contributed by atoms with van der Waals surface area (Å²) >= 11 is 0. The smallest absolute Gasteiger partial charge is 0.253 e. The van der Waals surface area contributed by atoms with E-state index in [1.165, 1.54) is 5.56 Å². The van der Waals surface area contributed by atoms with E-state index in [4.69, 9.17) is 9.47 Å². The van der Waals surface area contributed by atoms with Crippen molar-refractivity contribution >= 4 is 11.6 Å². The van der Waals surface area contributed by atoms with Gasteiger partial charge in [0, 0.05) is 18.8 Å². The number of benzene rings is 2. The van der Waals surface area contributed by atoms with Gasteiger partial charge in [-0.25, -0.2) is 0 Å². The largest absolute Gasteiger partial charge is 0.497 e. The molecular weight excluding hydrogens is 352 g/mol. The van der Waals surface area contributed by atoms with Crippen LogP contribution < -0.4 is 9.64 Å². The van der Waals surface area contributed by atoms with E-state index in [-0.39, 0.29) is 18.1 Å². The zero-order chi connectivity index (χ0) is 19.4. The molecule has 2 aliphatic rings. The monoisotopic (exact) mass is 380 g/mol. The van der Waals surface area contributed by atoms with Crippen molar-refractivity contribution in [3.05, 3.63) is 60.2 Å². The summed E-state index contributed by atoms with van der Waals surface area (Å²) in [7, 11) is 1.70. The zero-order valence-corrected chi connectivity index (χ0v) is 16.5. The summed E-state index contributed by atoms with van der Waals surface area (Å²) < 4.78 is 11.5. The van der Waals surface area contributed by atoms with Gasteiger partial charge in [0.05, 0.1) is 19.3 Å². The quantitative estimate of drug-likeness (QED) is 0.814. The Morgan fingerprint density at radius 1 is 1.07 bits per heavy atom. The second-order valence-electron chi connectivity index (χ2n) is 7.77. The highest BCUT2D eigenvalue weighted by Crippen LogP contribution is 2.33. The third-order valence-corrected chi connectivity index (χ3v) is 5.85. The third kappa shape index (κ3) is 4.21. The van der Waals surface area contributed by atoms with Crippen molar-refractivity contribution in [1.82, 2.24) is 4.90 Å². The predicted molar refractivity (Wildman–Crippen MR) is 110 cm³/mol. The van der Waals surface area contributed by atoms with Gasteiger partial charge in [-0.2, -0.15) is 0 Å². The summed E-state index contributed by atoms with van der Waals surface area (Å²) in [6, 6.07) is 18.2. The minimum Gasteiger partial charge on any atom is -0.497 e. The van der Waals surface area contributed by atoms with Crippen LogP contribution in [0.1, 0.15) is 24.8 Å². The molecule has 28 heavy (non-hydrogen) atoms. The lowest BCUT2D eigenvalue weighted by molar-refractivity contribution is -0.140. The Labute approximate surface area is 166 Å². The van der Waals surface area contributed by atoms with Crippen LogP contribution in [0.15, 0.2) is 54.6 Å². The van der Waals surface area contributed by atoms with Crippen molar-refractivity contribution in [2.24, 2.45) is 0 Å². The molecule has 148 valence electrons. The van der Waals surface area contributed by atoms with Gasteiger partial charge in [0.1, 0.15) is 12.4 Å². The summed E-state index contributed by atoms with van der Waals surface area (Å²) in [5.74, 6) is 0.950. The predicted octanol–water partition coefficient (Wildman–Crippen LogP) is 3.48. The highest BCUT2D eigenvalue weighted by atomic mass is 16.5. The Morgan fingerprint density at radius 2 is 1.93 bits per heavy atom. The van der Waals surface area contributed by atoms with Gasteiger partial charge in [0.25, 0.3) is 5.91 Å². The molecule has 1 amide bonds. The first kappa shape index (κ1) is 19.0.